The molecule has 0 aliphatic carbocycles. The molecule has 0 radical (unpaired) electrons. The summed E-state index contributed by atoms with van der Waals surface area (Å²) in [7, 11) is 0. The lowest BCUT2D eigenvalue weighted by Gasteiger charge is -2.07. The molecule has 118 valence electrons. The van der Waals surface area contributed by atoms with Crippen LogP contribution in [-0.2, 0) is 0 Å². The zero-order valence-electron chi connectivity index (χ0n) is 13.6. The SMILES string of the molecule is CCOc1ccc(-c2nc(-c3ccc(C)cc3C)cs2)cc1N. The lowest BCUT2D eigenvalue weighted by molar-refractivity contribution is 0.342. The van der Waals surface area contributed by atoms with Gasteiger partial charge in [0.05, 0.1) is 18.0 Å². The Morgan fingerprint density at radius 3 is 2.65 bits per heavy atom. The van der Waals surface area contributed by atoms with E-state index in [1.165, 1.54) is 16.7 Å². The van der Waals surface area contributed by atoms with E-state index in [9.17, 15) is 0 Å². The first-order chi connectivity index (χ1) is 11.1. The molecule has 0 unspecified atom stereocenters. The summed E-state index contributed by atoms with van der Waals surface area (Å²) >= 11 is 1.63. The Hall–Kier alpha value is -2.33. The van der Waals surface area contributed by atoms with Crippen LogP contribution in [0.25, 0.3) is 21.8 Å². The van der Waals surface area contributed by atoms with Crippen molar-refractivity contribution in [3.63, 3.8) is 0 Å². The van der Waals surface area contributed by atoms with E-state index in [4.69, 9.17) is 15.5 Å². The molecule has 0 aliphatic rings. The van der Waals surface area contributed by atoms with Crippen molar-refractivity contribution in [2.75, 3.05) is 12.3 Å². The van der Waals surface area contributed by atoms with Crippen molar-refractivity contribution in [3.05, 3.63) is 52.9 Å². The molecule has 1 heterocycles. The van der Waals surface area contributed by atoms with Crippen LogP contribution < -0.4 is 10.5 Å². The van der Waals surface area contributed by atoms with E-state index >= 15 is 0 Å². The van der Waals surface area contributed by atoms with Gasteiger partial charge in [-0.3, -0.25) is 0 Å². The fraction of sp³-hybridized carbons (Fsp3) is 0.211. The van der Waals surface area contributed by atoms with Crippen molar-refractivity contribution in [2.45, 2.75) is 20.8 Å². The lowest BCUT2D eigenvalue weighted by Crippen LogP contribution is -1.96. The highest BCUT2D eigenvalue weighted by molar-refractivity contribution is 7.13. The van der Waals surface area contributed by atoms with E-state index in [2.05, 4.69) is 37.4 Å². The summed E-state index contributed by atoms with van der Waals surface area (Å²) in [6.45, 7) is 6.78. The van der Waals surface area contributed by atoms with E-state index in [1.807, 2.05) is 25.1 Å². The predicted octanol–water partition coefficient (Wildman–Crippen LogP) is 5.07. The van der Waals surface area contributed by atoms with E-state index in [-0.39, 0.29) is 0 Å². The first-order valence-electron chi connectivity index (χ1n) is 7.64. The number of hydrogen-bond acceptors (Lipinski definition) is 4. The van der Waals surface area contributed by atoms with Gasteiger partial charge in [0.15, 0.2) is 0 Å². The van der Waals surface area contributed by atoms with Crippen molar-refractivity contribution in [3.8, 4) is 27.6 Å². The number of ether oxygens (including phenoxy) is 1. The highest BCUT2D eigenvalue weighted by atomic mass is 32.1. The van der Waals surface area contributed by atoms with Crippen molar-refractivity contribution in [2.24, 2.45) is 0 Å². The highest BCUT2D eigenvalue weighted by Gasteiger charge is 2.10. The minimum Gasteiger partial charge on any atom is -0.492 e. The minimum atomic E-state index is 0.609. The average molecular weight is 324 g/mol. The van der Waals surface area contributed by atoms with Crippen LogP contribution >= 0.6 is 11.3 Å². The Morgan fingerprint density at radius 2 is 1.96 bits per heavy atom. The Bertz CT molecular complexity index is 839. The summed E-state index contributed by atoms with van der Waals surface area (Å²) < 4.78 is 5.49. The van der Waals surface area contributed by atoms with Gasteiger partial charge in [0.25, 0.3) is 0 Å². The lowest BCUT2D eigenvalue weighted by atomic mass is 10.0. The summed E-state index contributed by atoms with van der Waals surface area (Å²) in [6.07, 6.45) is 0. The number of aryl methyl sites for hydroxylation is 2. The molecule has 0 bridgehead atoms. The largest absolute Gasteiger partial charge is 0.492 e. The molecule has 0 saturated heterocycles. The maximum atomic E-state index is 6.06. The summed E-state index contributed by atoms with van der Waals surface area (Å²) in [5.41, 5.74) is 12.4. The second-order valence-corrected chi connectivity index (χ2v) is 6.40. The summed E-state index contributed by atoms with van der Waals surface area (Å²) in [6, 6.07) is 12.3. The van der Waals surface area contributed by atoms with Crippen LogP contribution in [0.2, 0.25) is 0 Å². The second-order valence-electron chi connectivity index (χ2n) is 5.54. The molecule has 0 saturated carbocycles. The van der Waals surface area contributed by atoms with Crippen LogP contribution in [0.5, 0.6) is 5.75 Å². The fourth-order valence-corrected chi connectivity index (χ4v) is 3.42. The van der Waals surface area contributed by atoms with Crippen LogP contribution in [-0.4, -0.2) is 11.6 Å². The molecule has 23 heavy (non-hydrogen) atoms. The quantitative estimate of drug-likeness (QED) is 0.681. The van der Waals surface area contributed by atoms with Gasteiger partial charge in [-0.05, 0) is 44.5 Å². The molecule has 0 amide bonds. The Labute approximate surface area is 140 Å². The molecule has 0 atom stereocenters. The molecular formula is C19H20N2OS. The molecule has 3 rings (SSSR count). The number of benzene rings is 2. The van der Waals surface area contributed by atoms with Crippen LogP contribution in [0, 0.1) is 13.8 Å². The van der Waals surface area contributed by atoms with Crippen LogP contribution in [0.3, 0.4) is 0 Å². The predicted molar refractivity (Wildman–Crippen MR) is 98.0 cm³/mol. The third-order valence-corrected chi connectivity index (χ3v) is 4.61. The Kier molecular flexibility index (Phi) is 4.35. The Morgan fingerprint density at radius 1 is 1.13 bits per heavy atom. The smallest absolute Gasteiger partial charge is 0.142 e. The van der Waals surface area contributed by atoms with Crippen LogP contribution in [0.1, 0.15) is 18.1 Å². The zero-order valence-corrected chi connectivity index (χ0v) is 14.4. The van der Waals surface area contributed by atoms with E-state index in [1.54, 1.807) is 11.3 Å². The maximum Gasteiger partial charge on any atom is 0.142 e. The van der Waals surface area contributed by atoms with Gasteiger partial charge < -0.3 is 10.5 Å². The molecule has 4 heteroatoms. The third-order valence-electron chi connectivity index (χ3n) is 3.72. The molecule has 3 aromatic rings. The van der Waals surface area contributed by atoms with E-state index in [0.29, 0.717) is 12.3 Å². The second kappa shape index (κ2) is 6.42. The maximum absolute atomic E-state index is 6.06. The normalized spacial score (nSPS) is 10.7. The van der Waals surface area contributed by atoms with Crippen molar-refractivity contribution in [1.82, 2.24) is 4.98 Å². The topological polar surface area (TPSA) is 48.1 Å². The van der Waals surface area contributed by atoms with Crippen molar-refractivity contribution in [1.29, 1.82) is 0 Å². The fourth-order valence-electron chi connectivity index (χ4n) is 2.60. The van der Waals surface area contributed by atoms with E-state index in [0.717, 1.165) is 22.0 Å². The average Bonchev–Trinajstić information content (AvgIpc) is 2.99. The molecule has 0 aliphatic heterocycles. The first-order valence-corrected chi connectivity index (χ1v) is 8.52. The van der Waals surface area contributed by atoms with Crippen molar-refractivity contribution >= 4 is 17.0 Å². The van der Waals surface area contributed by atoms with Gasteiger partial charge in [-0.25, -0.2) is 4.98 Å². The summed E-state index contributed by atoms with van der Waals surface area (Å²) in [5.74, 6) is 0.724. The Balaban J connectivity index is 1.94. The molecular weight excluding hydrogens is 304 g/mol. The number of thiazole rings is 1. The summed E-state index contributed by atoms with van der Waals surface area (Å²) in [5, 5.41) is 3.06. The van der Waals surface area contributed by atoms with Gasteiger partial charge >= 0.3 is 0 Å². The van der Waals surface area contributed by atoms with Gasteiger partial charge in [-0.2, -0.15) is 0 Å². The first kappa shape index (κ1) is 15.6. The number of nitrogens with two attached hydrogens (primary N) is 1. The van der Waals surface area contributed by atoms with Gasteiger partial charge in [-0.15, -0.1) is 11.3 Å². The van der Waals surface area contributed by atoms with Gasteiger partial charge in [-0.1, -0.05) is 23.8 Å². The number of aromatic nitrogens is 1. The van der Waals surface area contributed by atoms with Crippen molar-refractivity contribution < 1.29 is 4.74 Å². The number of nitrogens with zero attached hydrogens (tertiary/aromatic N) is 1. The van der Waals surface area contributed by atoms with Gasteiger partial charge in [0.2, 0.25) is 0 Å². The highest BCUT2D eigenvalue weighted by Crippen LogP contribution is 2.33. The van der Waals surface area contributed by atoms with Gasteiger partial charge in [0, 0.05) is 16.5 Å². The molecule has 2 N–H and O–H groups in total. The van der Waals surface area contributed by atoms with Crippen LogP contribution in [0.15, 0.2) is 41.8 Å². The summed E-state index contributed by atoms with van der Waals surface area (Å²) in [4.78, 5) is 4.78. The number of hydrogen-bond donors (Lipinski definition) is 1. The van der Waals surface area contributed by atoms with E-state index < -0.39 is 0 Å². The van der Waals surface area contributed by atoms with Gasteiger partial charge in [0.1, 0.15) is 10.8 Å². The molecule has 2 aromatic carbocycles. The molecule has 1 aromatic heterocycles. The zero-order chi connectivity index (χ0) is 16.4. The van der Waals surface area contributed by atoms with Crippen LogP contribution in [0.4, 0.5) is 5.69 Å². The standard InChI is InChI=1S/C19H20N2OS/c1-4-22-18-8-6-14(10-16(18)20)19-21-17(11-23-19)15-7-5-12(2)9-13(15)3/h5-11H,4,20H2,1-3H3. The number of rotatable bonds is 4. The molecule has 3 nitrogen and oxygen atoms in total. The number of anilines is 1. The molecule has 0 fully saturated rings. The molecule has 0 spiro atoms. The number of nitrogen functional groups attached to an aromatic ring is 1. The third kappa shape index (κ3) is 3.22. The monoisotopic (exact) mass is 324 g/mol. The minimum absolute atomic E-state index is 0.609.